The van der Waals surface area contributed by atoms with Crippen molar-refractivity contribution < 1.29 is 38.9 Å². The number of nitrogens with one attached hydrogen (secondary N) is 1. The average Bonchev–Trinajstić information content (AvgIpc) is 3.20. The first-order valence-corrected chi connectivity index (χ1v) is 17.1. The maximum Gasteiger partial charge on any atom is 0.410 e. The third-order valence-corrected chi connectivity index (χ3v) is 9.23. The smallest absolute Gasteiger partial charge is 0.410 e. The third kappa shape index (κ3) is 8.10. The summed E-state index contributed by atoms with van der Waals surface area (Å²) in [5, 5.41) is 26.4. The van der Waals surface area contributed by atoms with Crippen LogP contribution in [0.1, 0.15) is 54.0 Å². The van der Waals surface area contributed by atoms with Gasteiger partial charge in [-0.15, -0.1) is 0 Å². The average molecular weight is 762 g/mol. The van der Waals surface area contributed by atoms with Gasteiger partial charge in [0.25, 0.3) is 5.91 Å². The quantitative estimate of drug-likeness (QED) is 0.196. The number of hydrogen-bond acceptors (Lipinski definition) is 8. The second-order valence-electron chi connectivity index (χ2n) is 13.3. The van der Waals surface area contributed by atoms with E-state index in [2.05, 4.69) is 21.2 Å². The molecule has 0 aliphatic carbocycles. The van der Waals surface area contributed by atoms with Crippen molar-refractivity contribution in [2.75, 3.05) is 30.5 Å². The number of carboxylic acid groups (broad SMARTS) is 1. The highest BCUT2D eigenvalue weighted by Crippen LogP contribution is 2.39. The number of carbonyl (C=O) groups is 4. The number of aliphatic hydroxyl groups excluding tert-OH is 1. The topological polar surface area (TPSA) is 149 Å². The van der Waals surface area contributed by atoms with E-state index in [0.29, 0.717) is 17.1 Å². The summed E-state index contributed by atoms with van der Waals surface area (Å²) in [6.07, 6.45) is -2.08. The monoisotopic (exact) mass is 760 g/mol. The van der Waals surface area contributed by atoms with Gasteiger partial charge in [-0.05, 0) is 93.1 Å². The maximum atomic E-state index is 14.2. The Morgan fingerprint density at radius 1 is 0.980 bits per heavy atom. The molecule has 1 heterocycles. The summed E-state index contributed by atoms with van der Waals surface area (Å²) in [6, 6.07) is 20.2. The zero-order valence-electron chi connectivity index (χ0n) is 29.2. The molecule has 0 saturated heterocycles. The fourth-order valence-electron chi connectivity index (χ4n) is 5.93. The van der Waals surface area contributed by atoms with Gasteiger partial charge >= 0.3 is 12.1 Å². The summed E-state index contributed by atoms with van der Waals surface area (Å²) in [7, 11) is 3.02. The summed E-state index contributed by atoms with van der Waals surface area (Å²) in [5.74, 6) is -1.60. The summed E-state index contributed by atoms with van der Waals surface area (Å²) in [5.41, 5.74) is 1.18. The zero-order valence-corrected chi connectivity index (χ0v) is 30.8. The molecule has 1 aliphatic heterocycles. The minimum Gasteiger partial charge on any atom is -0.496 e. The second kappa shape index (κ2) is 15.0. The molecule has 3 atom stereocenters. The van der Waals surface area contributed by atoms with Gasteiger partial charge < -0.3 is 34.8 Å². The molecule has 5 rings (SSSR count). The molecular weight excluding hydrogens is 720 g/mol. The number of ether oxygens (including phenoxy) is 2. The number of rotatable bonds is 8. The predicted octanol–water partition coefficient (Wildman–Crippen LogP) is 6.03. The van der Waals surface area contributed by atoms with E-state index in [1.54, 1.807) is 64.0 Å². The molecule has 51 heavy (non-hydrogen) atoms. The third-order valence-electron chi connectivity index (χ3n) is 8.73. The molecule has 268 valence electrons. The Morgan fingerprint density at radius 3 is 2.25 bits per heavy atom. The van der Waals surface area contributed by atoms with Crippen molar-refractivity contribution in [2.24, 2.45) is 0 Å². The van der Waals surface area contributed by atoms with Crippen LogP contribution in [-0.4, -0.2) is 83.6 Å². The van der Waals surface area contributed by atoms with E-state index in [-0.39, 0.29) is 24.2 Å². The first kappa shape index (κ1) is 37.1. The van der Waals surface area contributed by atoms with Crippen molar-refractivity contribution in [3.8, 4) is 5.75 Å². The van der Waals surface area contributed by atoms with Crippen LogP contribution in [0.3, 0.4) is 0 Å². The van der Waals surface area contributed by atoms with Gasteiger partial charge in [0.1, 0.15) is 23.6 Å². The molecule has 0 radical (unpaired) electrons. The number of halogens is 1. The number of para-hydroxylation sites is 2. The number of anilines is 2. The Hall–Kier alpha value is -5.14. The van der Waals surface area contributed by atoms with Gasteiger partial charge in [0.15, 0.2) is 0 Å². The molecule has 4 aromatic carbocycles. The number of likely N-dealkylation sites (N-methyl/N-ethyl adjacent to an activating group) is 1. The normalized spacial score (nSPS) is 16.5. The van der Waals surface area contributed by atoms with Crippen molar-refractivity contribution in [3.05, 3.63) is 100 Å². The number of aliphatic hydroxyl groups is 1. The molecule has 0 fully saturated rings. The predicted molar refractivity (Wildman–Crippen MR) is 197 cm³/mol. The Labute approximate surface area is 304 Å². The SMILES string of the molecule is COc1ccc2cc(Br)ccc2c1CN1c2ccccc2N(C(=O)c2ccc(C(=O)O)cc2)CC(NC(=O)C(C)N(C)C(=O)OC(C)(C)C)C1O. The molecule has 3 amide bonds. The molecule has 0 aromatic heterocycles. The maximum absolute atomic E-state index is 14.2. The van der Waals surface area contributed by atoms with Gasteiger partial charge in [-0.2, -0.15) is 0 Å². The van der Waals surface area contributed by atoms with Crippen LogP contribution in [0.25, 0.3) is 10.8 Å². The number of carbonyl (C=O) groups excluding carboxylic acids is 3. The minimum atomic E-state index is -1.38. The first-order chi connectivity index (χ1) is 24.1. The van der Waals surface area contributed by atoms with Crippen molar-refractivity contribution in [2.45, 2.75) is 58.2 Å². The number of benzene rings is 4. The number of methoxy groups -OCH3 is 1. The lowest BCUT2D eigenvalue weighted by molar-refractivity contribution is -0.126. The van der Waals surface area contributed by atoms with E-state index >= 15 is 0 Å². The summed E-state index contributed by atoms with van der Waals surface area (Å²) >= 11 is 3.54. The molecule has 0 spiro atoms. The van der Waals surface area contributed by atoms with Crippen LogP contribution in [0.5, 0.6) is 5.75 Å². The van der Waals surface area contributed by atoms with E-state index < -0.39 is 47.8 Å². The number of nitrogens with zero attached hydrogens (tertiary/aromatic N) is 3. The summed E-state index contributed by atoms with van der Waals surface area (Å²) < 4.78 is 12.1. The molecule has 3 N–H and O–H groups in total. The van der Waals surface area contributed by atoms with Crippen LogP contribution in [-0.2, 0) is 16.1 Å². The van der Waals surface area contributed by atoms with Crippen LogP contribution in [0, 0.1) is 0 Å². The van der Waals surface area contributed by atoms with E-state index in [0.717, 1.165) is 20.8 Å². The Kier molecular flexibility index (Phi) is 10.9. The largest absolute Gasteiger partial charge is 0.496 e. The molecule has 13 heteroatoms. The Morgan fingerprint density at radius 2 is 1.63 bits per heavy atom. The van der Waals surface area contributed by atoms with Crippen LogP contribution >= 0.6 is 15.9 Å². The lowest BCUT2D eigenvalue weighted by Gasteiger charge is -2.35. The lowest BCUT2D eigenvalue weighted by Crippen LogP contribution is -2.58. The molecule has 1 aliphatic rings. The minimum absolute atomic E-state index is 0.0220. The fourth-order valence-corrected chi connectivity index (χ4v) is 6.31. The van der Waals surface area contributed by atoms with Crippen molar-refractivity contribution in [1.82, 2.24) is 10.2 Å². The highest BCUT2D eigenvalue weighted by Gasteiger charge is 2.39. The Balaban J connectivity index is 1.59. The van der Waals surface area contributed by atoms with Gasteiger partial charge in [0.2, 0.25) is 5.91 Å². The number of aromatic carboxylic acids is 1. The first-order valence-electron chi connectivity index (χ1n) is 16.3. The standard InChI is InChI=1S/C38H41BrN4O8/c1-22(41(5)37(49)51-38(2,3)4)33(44)40-29-21-43(34(45)23-11-13-24(14-12-23)36(47)48)31-10-8-7-9-30(31)42(35(29)46)20-28-27-17-16-26(39)19-25(27)15-18-32(28)50-6/h7-19,22,29,35,46H,20-21H2,1-6H3,(H,40,44)(H,47,48). The van der Waals surface area contributed by atoms with Crippen molar-refractivity contribution >= 4 is 62.0 Å². The van der Waals surface area contributed by atoms with Crippen LogP contribution in [0.2, 0.25) is 0 Å². The highest BCUT2D eigenvalue weighted by molar-refractivity contribution is 9.10. The summed E-state index contributed by atoms with van der Waals surface area (Å²) in [6.45, 7) is 6.67. The Bertz CT molecular complexity index is 1960. The van der Waals surface area contributed by atoms with E-state index in [9.17, 15) is 29.4 Å². The van der Waals surface area contributed by atoms with E-state index in [4.69, 9.17) is 9.47 Å². The molecule has 12 nitrogen and oxygen atoms in total. The van der Waals surface area contributed by atoms with Gasteiger partial charge in [-0.25, -0.2) is 9.59 Å². The van der Waals surface area contributed by atoms with Crippen LogP contribution in [0.15, 0.2) is 83.3 Å². The van der Waals surface area contributed by atoms with Crippen LogP contribution < -0.4 is 19.9 Å². The van der Waals surface area contributed by atoms with E-state index in [1.807, 2.05) is 30.3 Å². The molecule has 0 bridgehead atoms. The molecule has 0 saturated carbocycles. The number of carboxylic acids is 1. The van der Waals surface area contributed by atoms with Crippen LogP contribution in [0.4, 0.5) is 16.2 Å². The molecule has 4 aromatic rings. The van der Waals surface area contributed by atoms with Gasteiger partial charge in [-0.3, -0.25) is 14.5 Å². The van der Waals surface area contributed by atoms with E-state index in [1.165, 1.54) is 41.1 Å². The molecular formula is C38H41BrN4O8. The molecule has 3 unspecified atom stereocenters. The van der Waals surface area contributed by atoms with Crippen molar-refractivity contribution in [3.63, 3.8) is 0 Å². The van der Waals surface area contributed by atoms with Gasteiger partial charge in [-0.1, -0.05) is 40.2 Å². The van der Waals surface area contributed by atoms with Gasteiger partial charge in [0.05, 0.1) is 36.6 Å². The number of hydrogen-bond donors (Lipinski definition) is 3. The number of amides is 3. The second-order valence-corrected chi connectivity index (χ2v) is 14.2. The number of fused-ring (bicyclic) bond motifs is 2. The highest BCUT2D eigenvalue weighted by atomic mass is 79.9. The van der Waals surface area contributed by atoms with Crippen molar-refractivity contribution in [1.29, 1.82) is 0 Å². The van der Waals surface area contributed by atoms with Gasteiger partial charge in [0, 0.05) is 29.2 Å². The summed E-state index contributed by atoms with van der Waals surface area (Å²) in [4.78, 5) is 56.7. The fraction of sp³-hybridized carbons (Fsp3) is 0.316. The lowest BCUT2D eigenvalue weighted by atomic mass is 10.0. The zero-order chi connectivity index (χ0) is 37.2.